The zero-order valence-electron chi connectivity index (χ0n) is 9.72. The Kier molecular flexibility index (Phi) is 3.99. The lowest BCUT2D eigenvalue weighted by Crippen LogP contribution is -2.08. The summed E-state index contributed by atoms with van der Waals surface area (Å²) in [6, 6.07) is 0. The second-order valence-corrected chi connectivity index (χ2v) is 3.99. The predicted molar refractivity (Wildman–Crippen MR) is 63.1 cm³/mol. The lowest BCUT2D eigenvalue weighted by atomic mass is 9.99. The molecule has 1 N–H and O–H groups in total. The highest BCUT2D eigenvalue weighted by Crippen LogP contribution is 2.23. The van der Waals surface area contributed by atoms with Gasteiger partial charge in [0, 0.05) is 12.7 Å². The lowest BCUT2D eigenvalue weighted by Gasteiger charge is -2.10. The second kappa shape index (κ2) is 5.04. The summed E-state index contributed by atoms with van der Waals surface area (Å²) < 4.78 is 0. The van der Waals surface area contributed by atoms with E-state index in [2.05, 4.69) is 44.3 Å². The molecule has 0 amide bonds. The molecule has 0 fully saturated rings. The smallest absolute Gasteiger partial charge is 0.0332 e. The lowest BCUT2D eigenvalue weighted by molar-refractivity contribution is 0.785. The molecule has 1 heteroatoms. The molecule has 0 radical (unpaired) electrons. The summed E-state index contributed by atoms with van der Waals surface area (Å²) in [4.78, 5) is 0. The molecule has 0 unspecified atom stereocenters. The Labute approximate surface area is 87.6 Å². The van der Waals surface area contributed by atoms with E-state index < -0.39 is 0 Å². The van der Waals surface area contributed by atoms with Gasteiger partial charge in [0.2, 0.25) is 0 Å². The zero-order chi connectivity index (χ0) is 10.6. The van der Waals surface area contributed by atoms with Crippen LogP contribution in [0.2, 0.25) is 0 Å². The van der Waals surface area contributed by atoms with E-state index >= 15 is 0 Å². The first-order chi connectivity index (χ1) is 6.69. The summed E-state index contributed by atoms with van der Waals surface area (Å²) in [6.07, 6.45) is 9.07. The van der Waals surface area contributed by atoms with Crippen molar-refractivity contribution in [3.05, 3.63) is 35.1 Å². The minimum absolute atomic E-state index is 0.626. The minimum atomic E-state index is 0.626. The van der Waals surface area contributed by atoms with Crippen LogP contribution in [0.25, 0.3) is 0 Å². The van der Waals surface area contributed by atoms with Gasteiger partial charge in [0.15, 0.2) is 0 Å². The van der Waals surface area contributed by atoms with Crippen molar-refractivity contribution < 1.29 is 0 Å². The molecule has 78 valence electrons. The van der Waals surface area contributed by atoms with Crippen molar-refractivity contribution >= 4 is 0 Å². The van der Waals surface area contributed by atoms with E-state index in [1.54, 1.807) is 0 Å². The highest BCUT2D eigenvalue weighted by Gasteiger charge is 2.07. The Morgan fingerprint density at radius 1 is 1.36 bits per heavy atom. The summed E-state index contributed by atoms with van der Waals surface area (Å²) in [5.74, 6) is 0.626. The molecule has 1 aliphatic rings. The molecule has 0 spiro atoms. The van der Waals surface area contributed by atoms with Crippen LogP contribution < -0.4 is 5.32 Å². The Morgan fingerprint density at radius 2 is 2.07 bits per heavy atom. The molecular weight excluding hydrogens is 170 g/mol. The number of likely N-dealkylation sites (N-methyl/N-ethyl adjacent to an activating group) is 1. The van der Waals surface area contributed by atoms with Gasteiger partial charge in [-0.2, -0.15) is 0 Å². The molecule has 14 heavy (non-hydrogen) atoms. The number of allylic oxidation sites excluding steroid dienone is 5. The third kappa shape index (κ3) is 2.50. The number of nitrogens with one attached hydrogen (secondary N) is 1. The largest absolute Gasteiger partial charge is 0.388 e. The van der Waals surface area contributed by atoms with E-state index in [9.17, 15) is 0 Å². The third-order valence-corrected chi connectivity index (χ3v) is 2.68. The topological polar surface area (TPSA) is 12.0 Å². The fourth-order valence-corrected chi connectivity index (χ4v) is 1.74. The maximum atomic E-state index is 3.26. The van der Waals surface area contributed by atoms with E-state index in [0.29, 0.717) is 5.92 Å². The quantitative estimate of drug-likeness (QED) is 0.721. The molecule has 0 heterocycles. The van der Waals surface area contributed by atoms with Crippen LogP contribution in [0, 0.1) is 5.92 Å². The summed E-state index contributed by atoms with van der Waals surface area (Å²) in [6.45, 7) is 6.71. The van der Waals surface area contributed by atoms with Gasteiger partial charge in [-0.05, 0) is 29.9 Å². The molecule has 0 saturated carbocycles. The van der Waals surface area contributed by atoms with Gasteiger partial charge in [0.25, 0.3) is 0 Å². The Bertz CT molecular complexity index is 280. The standard InChI is InChI=1S/C13H21N/c1-5-11-9-12(10(2)3)7-6-8-13(11)14-4/h7-10,14H,5-6H2,1-4H3. The van der Waals surface area contributed by atoms with Crippen molar-refractivity contribution in [1.29, 1.82) is 0 Å². The first kappa shape index (κ1) is 11.1. The molecule has 0 bridgehead atoms. The van der Waals surface area contributed by atoms with Crippen molar-refractivity contribution in [3.8, 4) is 0 Å². The zero-order valence-corrected chi connectivity index (χ0v) is 9.72. The van der Waals surface area contributed by atoms with Crippen molar-refractivity contribution in [2.45, 2.75) is 33.6 Å². The molecule has 0 aromatic carbocycles. The molecule has 0 saturated heterocycles. The van der Waals surface area contributed by atoms with E-state index in [4.69, 9.17) is 0 Å². The van der Waals surface area contributed by atoms with E-state index in [0.717, 1.165) is 12.8 Å². The second-order valence-electron chi connectivity index (χ2n) is 3.99. The van der Waals surface area contributed by atoms with Crippen molar-refractivity contribution in [1.82, 2.24) is 5.32 Å². The Balaban J connectivity index is 2.95. The number of rotatable bonds is 3. The molecule has 1 rings (SSSR count). The molecule has 0 aromatic heterocycles. The molecule has 0 atom stereocenters. The summed E-state index contributed by atoms with van der Waals surface area (Å²) >= 11 is 0. The average Bonchev–Trinajstić information content (AvgIpc) is 2.38. The Hall–Kier alpha value is -0.980. The van der Waals surface area contributed by atoms with Crippen LogP contribution in [-0.4, -0.2) is 7.05 Å². The normalized spacial score (nSPS) is 17.1. The van der Waals surface area contributed by atoms with Gasteiger partial charge in [-0.25, -0.2) is 0 Å². The summed E-state index contributed by atoms with van der Waals surface area (Å²) in [5, 5.41) is 3.26. The first-order valence-electron chi connectivity index (χ1n) is 5.48. The van der Waals surface area contributed by atoms with Crippen molar-refractivity contribution in [2.75, 3.05) is 7.05 Å². The van der Waals surface area contributed by atoms with E-state index in [1.165, 1.54) is 16.8 Å². The van der Waals surface area contributed by atoms with Crippen LogP contribution in [0.15, 0.2) is 35.1 Å². The van der Waals surface area contributed by atoms with Crippen LogP contribution in [0.1, 0.15) is 33.6 Å². The van der Waals surface area contributed by atoms with E-state index in [-0.39, 0.29) is 0 Å². The van der Waals surface area contributed by atoms with Crippen LogP contribution in [0.3, 0.4) is 0 Å². The third-order valence-electron chi connectivity index (χ3n) is 2.68. The fraction of sp³-hybridized carbons (Fsp3) is 0.538. The molecule has 0 aliphatic heterocycles. The molecular formula is C13H21N. The molecule has 1 nitrogen and oxygen atoms in total. The van der Waals surface area contributed by atoms with Crippen LogP contribution >= 0.6 is 0 Å². The van der Waals surface area contributed by atoms with Gasteiger partial charge in [0.05, 0.1) is 0 Å². The monoisotopic (exact) mass is 191 g/mol. The van der Waals surface area contributed by atoms with Crippen LogP contribution in [0.5, 0.6) is 0 Å². The molecule has 0 aromatic rings. The first-order valence-corrected chi connectivity index (χ1v) is 5.48. The SMILES string of the molecule is CCC1=CC(C(C)C)=CCC=C1NC. The maximum Gasteiger partial charge on any atom is 0.0332 e. The fourth-order valence-electron chi connectivity index (χ4n) is 1.74. The highest BCUT2D eigenvalue weighted by molar-refractivity contribution is 5.39. The van der Waals surface area contributed by atoms with Gasteiger partial charge >= 0.3 is 0 Å². The van der Waals surface area contributed by atoms with Gasteiger partial charge in [-0.15, -0.1) is 0 Å². The van der Waals surface area contributed by atoms with Gasteiger partial charge in [-0.3, -0.25) is 0 Å². The van der Waals surface area contributed by atoms with Gasteiger partial charge in [0.1, 0.15) is 0 Å². The summed E-state index contributed by atoms with van der Waals surface area (Å²) in [5.41, 5.74) is 4.17. The number of hydrogen-bond acceptors (Lipinski definition) is 1. The van der Waals surface area contributed by atoms with Gasteiger partial charge in [-0.1, -0.05) is 39.0 Å². The summed E-state index contributed by atoms with van der Waals surface area (Å²) in [7, 11) is 2.00. The highest BCUT2D eigenvalue weighted by atomic mass is 14.8. The maximum absolute atomic E-state index is 3.26. The minimum Gasteiger partial charge on any atom is -0.388 e. The number of hydrogen-bond donors (Lipinski definition) is 1. The van der Waals surface area contributed by atoms with E-state index in [1.807, 2.05) is 7.05 Å². The van der Waals surface area contributed by atoms with Crippen molar-refractivity contribution in [2.24, 2.45) is 5.92 Å². The molecule has 1 aliphatic carbocycles. The average molecular weight is 191 g/mol. The van der Waals surface area contributed by atoms with Gasteiger partial charge < -0.3 is 5.32 Å². The van der Waals surface area contributed by atoms with Crippen LogP contribution in [0.4, 0.5) is 0 Å². The van der Waals surface area contributed by atoms with Crippen LogP contribution in [-0.2, 0) is 0 Å². The Morgan fingerprint density at radius 3 is 2.57 bits per heavy atom. The van der Waals surface area contributed by atoms with Crippen molar-refractivity contribution in [3.63, 3.8) is 0 Å². The predicted octanol–water partition coefficient (Wildman–Crippen LogP) is 3.41.